The molecule has 0 amide bonds. The molecule has 0 spiro atoms. The van der Waals surface area contributed by atoms with Gasteiger partial charge in [-0.1, -0.05) is 44.2 Å². The monoisotopic (exact) mass is 231 g/mol. The van der Waals surface area contributed by atoms with Gasteiger partial charge >= 0.3 is 0 Å². The first-order valence-electron chi connectivity index (χ1n) is 7.06. The summed E-state index contributed by atoms with van der Waals surface area (Å²) in [5, 5.41) is 0. The van der Waals surface area contributed by atoms with E-state index in [1.807, 2.05) is 0 Å². The van der Waals surface area contributed by atoms with Crippen molar-refractivity contribution in [2.75, 3.05) is 13.1 Å². The highest BCUT2D eigenvalue weighted by Crippen LogP contribution is 2.31. The zero-order valence-electron chi connectivity index (χ0n) is 11.2. The van der Waals surface area contributed by atoms with Crippen LogP contribution >= 0.6 is 0 Å². The van der Waals surface area contributed by atoms with E-state index in [0.29, 0.717) is 6.04 Å². The molecule has 2 rings (SSSR count). The van der Waals surface area contributed by atoms with Crippen LogP contribution in [0.1, 0.15) is 51.1 Å². The molecule has 1 unspecified atom stereocenters. The molecule has 1 aliphatic rings. The van der Waals surface area contributed by atoms with Crippen LogP contribution in [0, 0.1) is 5.92 Å². The van der Waals surface area contributed by atoms with Crippen molar-refractivity contribution in [2.24, 2.45) is 5.92 Å². The topological polar surface area (TPSA) is 3.24 Å². The molecule has 17 heavy (non-hydrogen) atoms. The van der Waals surface area contributed by atoms with Crippen molar-refractivity contribution in [2.45, 2.75) is 45.6 Å². The summed E-state index contributed by atoms with van der Waals surface area (Å²) >= 11 is 0. The maximum Gasteiger partial charge on any atom is 0.0348 e. The van der Waals surface area contributed by atoms with Crippen LogP contribution in [-0.2, 0) is 0 Å². The predicted octanol–water partition coefficient (Wildman–Crippen LogP) is 4.26. The van der Waals surface area contributed by atoms with E-state index in [0.717, 1.165) is 5.92 Å². The summed E-state index contributed by atoms with van der Waals surface area (Å²) in [6.07, 6.45) is 5.41. The number of benzene rings is 1. The van der Waals surface area contributed by atoms with E-state index >= 15 is 0 Å². The average Bonchev–Trinajstić information content (AvgIpc) is 2.78. The van der Waals surface area contributed by atoms with E-state index in [4.69, 9.17) is 0 Å². The molecule has 94 valence electrons. The maximum atomic E-state index is 2.68. The molecule has 1 aromatic carbocycles. The van der Waals surface area contributed by atoms with Crippen molar-refractivity contribution in [3.8, 4) is 0 Å². The quantitative estimate of drug-likeness (QED) is 0.732. The van der Waals surface area contributed by atoms with Gasteiger partial charge in [0, 0.05) is 6.04 Å². The highest BCUT2D eigenvalue weighted by atomic mass is 15.2. The Kier molecular flexibility index (Phi) is 4.61. The summed E-state index contributed by atoms with van der Waals surface area (Å²) in [6, 6.07) is 11.7. The van der Waals surface area contributed by atoms with Crippen LogP contribution in [0.25, 0.3) is 0 Å². The molecule has 1 heteroatoms. The van der Waals surface area contributed by atoms with Crippen molar-refractivity contribution in [3.63, 3.8) is 0 Å². The Morgan fingerprint density at radius 1 is 1.24 bits per heavy atom. The van der Waals surface area contributed by atoms with Crippen molar-refractivity contribution < 1.29 is 0 Å². The van der Waals surface area contributed by atoms with E-state index in [2.05, 4.69) is 49.1 Å². The van der Waals surface area contributed by atoms with Crippen LogP contribution in [0.5, 0.6) is 0 Å². The maximum absolute atomic E-state index is 2.68. The van der Waals surface area contributed by atoms with E-state index in [9.17, 15) is 0 Å². The molecule has 0 radical (unpaired) electrons. The Morgan fingerprint density at radius 2 is 2.00 bits per heavy atom. The molecule has 1 fully saturated rings. The van der Waals surface area contributed by atoms with Gasteiger partial charge in [0.1, 0.15) is 0 Å². The SMILES string of the molecule is CC(C)CCCN1CCCC1c1ccccc1. The summed E-state index contributed by atoms with van der Waals surface area (Å²) in [6.45, 7) is 7.20. The summed E-state index contributed by atoms with van der Waals surface area (Å²) in [5.74, 6) is 0.841. The molecule has 0 saturated carbocycles. The van der Waals surface area contributed by atoms with Gasteiger partial charge in [0.15, 0.2) is 0 Å². The first kappa shape index (κ1) is 12.6. The first-order chi connectivity index (χ1) is 8.27. The van der Waals surface area contributed by atoms with Crippen LogP contribution < -0.4 is 0 Å². The molecule has 1 nitrogen and oxygen atoms in total. The lowest BCUT2D eigenvalue weighted by Crippen LogP contribution is -2.24. The van der Waals surface area contributed by atoms with Gasteiger partial charge in [-0.05, 0) is 50.3 Å². The van der Waals surface area contributed by atoms with Crippen molar-refractivity contribution in [1.82, 2.24) is 4.90 Å². The van der Waals surface area contributed by atoms with Crippen LogP contribution in [0.4, 0.5) is 0 Å². The second kappa shape index (κ2) is 6.20. The van der Waals surface area contributed by atoms with Gasteiger partial charge in [0.25, 0.3) is 0 Å². The molecular formula is C16H25N. The van der Waals surface area contributed by atoms with Gasteiger partial charge in [0.2, 0.25) is 0 Å². The third-order valence-corrected chi connectivity index (χ3v) is 3.77. The Labute approximate surface area is 106 Å². The highest BCUT2D eigenvalue weighted by molar-refractivity contribution is 5.19. The van der Waals surface area contributed by atoms with E-state index in [-0.39, 0.29) is 0 Å². The predicted molar refractivity (Wildman–Crippen MR) is 74.1 cm³/mol. The van der Waals surface area contributed by atoms with Crippen molar-refractivity contribution in [3.05, 3.63) is 35.9 Å². The largest absolute Gasteiger partial charge is 0.296 e. The minimum absolute atomic E-state index is 0.684. The van der Waals surface area contributed by atoms with Gasteiger partial charge < -0.3 is 0 Å². The fourth-order valence-corrected chi connectivity index (χ4v) is 2.85. The van der Waals surface area contributed by atoms with Gasteiger partial charge in [-0.25, -0.2) is 0 Å². The van der Waals surface area contributed by atoms with Gasteiger partial charge in [-0.15, -0.1) is 0 Å². The van der Waals surface area contributed by atoms with E-state index in [1.165, 1.54) is 44.3 Å². The third-order valence-electron chi connectivity index (χ3n) is 3.77. The average molecular weight is 231 g/mol. The lowest BCUT2D eigenvalue weighted by atomic mass is 10.0. The molecule has 0 aromatic heterocycles. The molecule has 0 N–H and O–H groups in total. The van der Waals surface area contributed by atoms with Crippen molar-refractivity contribution in [1.29, 1.82) is 0 Å². The number of hydrogen-bond acceptors (Lipinski definition) is 1. The van der Waals surface area contributed by atoms with Crippen LogP contribution in [0.3, 0.4) is 0 Å². The lowest BCUT2D eigenvalue weighted by molar-refractivity contribution is 0.247. The molecule has 1 aromatic rings. The molecule has 0 aliphatic carbocycles. The zero-order chi connectivity index (χ0) is 12.1. The molecule has 1 atom stereocenters. The third kappa shape index (κ3) is 3.57. The zero-order valence-corrected chi connectivity index (χ0v) is 11.2. The van der Waals surface area contributed by atoms with E-state index < -0.39 is 0 Å². The minimum atomic E-state index is 0.684. The molecule has 0 bridgehead atoms. The molecular weight excluding hydrogens is 206 g/mol. The standard InChI is InChI=1S/C16H25N/c1-14(2)8-6-12-17-13-7-11-16(17)15-9-4-3-5-10-15/h3-5,9-10,14,16H,6-8,11-13H2,1-2H3. The fourth-order valence-electron chi connectivity index (χ4n) is 2.85. The summed E-state index contributed by atoms with van der Waals surface area (Å²) in [7, 11) is 0. The Hall–Kier alpha value is -0.820. The number of hydrogen-bond donors (Lipinski definition) is 0. The fraction of sp³-hybridized carbons (Fsp3) is 0.625. The van der Waals surface area contributed by atoms with Gasteiger partial charge in [0.05, 0.1) is 0 Å². The smallest absolute Gasteiger partial charge is 0.0348 e. The minimum Gasteiger partial charge on any atom is -0.296 e. The van der Waals surface area contributed by atoms with Crippen molar-refractivity contribution >= 4 is 0 Å². The summed E-state index contributed by atoms with van der Waals surface area (Å²) in [5.41, 5.74) is 1.51. The Morgan fingerprint density at radius 3 is 2.71 bits per heavy atom. The Bertz CT molecular complexity index is 318. The molecule has 1 saturated heterocycles. The van der Waals surface area contributed by atoms with Crippen LogP contribution in [0.2, 0.25) is 0 Å². The van der Waals surface area contributed by atoms with E-state index in [1.54, 1.807) is 0 Å². The summed E-state index contributed by atoms with van der Waals surface area (Å²) in [4.78, 5) is 2.68. The molecule has 1 aliphatic heterocycles. The summed E-state index contributed by atoms with van der Waals surface area (Å²) < 4.78 is 0. The lowest BCUT2D eigenvalue weighted by Gasteiger charge is -2.25. The highest BCUT2D eigenvalue weighted by Gasteiger charge is 2.24. The second-order valence-electron chi connectivity index (χ2n) is 5.64. The molecule has 1 heterocycles. The number of rotatable bonds is 5. The number of likely N-dealkylation sites (tertiary alicyclic amines) is 1. The second-order valence-corrected chi connectivity index (χ2v) is 5.64. The first-order valence-corrected chi connectivity index (χ1v) is 7.06. The normalized spacial score (nSPS) is 21.2. The van der Waals surface area contributed by atoms with Gasteiger partial charge in [-0.3, -0.25) is 4.90 Å². The Balaban J connectivity index is 1.89. The van der Waals surface area contributed by atoms with Crippen LogP contribution in [-0.4, -0.2) is 18.0 Å². The van der Waals surface area contributed by atoms with Gasteiger partial charge in [-0.2, -0.15) is 0 Å². The van der Waals surface area contributed by atoms with Crippen LogP contribution in [0.15, 0.2) is 30.3 Å². The number of nitrogens with zero attached hydrogens (tertiary/aromatic N) is 1.